The fraction of sp³-hybridized carbons (Fsp3) is 0.500. The van der Waals surface area contributed by atoms with E-state index in [1.165, 1.54) is 0 Å². The predicted molar refractivity (Wildman–Crippen MR) is 97.2 cm³/mol. The first-order chi connectivity index (χ1) is 12.1. The van der Waals surface area contributed by atoms with Gasteiger partial charge in [0, 0.05) is 41.6 Å². The average molecular weight is 339 g/mol. The second kappa shape index (κ2) is 6.54. The molecular formula is C20H25N3O2. The molecule has 2 fully saturated rings. The fourth-order valence-electron chi connectivity index (χ4n) is 3.76. The summed E-state index contributed by atoms with van der Waals surface area (Å²) in [6, 6.07) is 8.36. The molecule has 2 aromatic rings. The highest BCUT2D eigenvalue weighted by molar-refractivity contribution is 5.90. The molecule has 2 aliphatic rings. The van der Waals surface area contributed by atoms with Gasteiger partial charge in [0.1, 0.15) is 0 Å². The summed E-state index contributed by atoms with van der Waals surface area (Å²) in [4.78, 5) is 29.9. The van der Waals surface area contributed by atoms with Crippen LogP contribution in [0.2, 0.25) is 0 Å². The number of aryl methyl sites for hydroxylation is 1. The zero-order valence-electron chi connectivity index (χ0n) is 14.7. The van der Waals surface area contributed by atoms with E-state index >= 15 is 0 Å². The first kappa shape index (κ1) is 16.2. The van der Waals surface area contributed by atoms with Gasteiger partial charge in [-0.25, -0.2) is 0 Å². The molecule has 2 N–H and O–H groups in total. The molecule has 1 saturated heterocycles. The summed E-state index contributed by atoms with van der Waals surface area (Å²) in [5.41, 5.74) is 3.26. The van der Waals surface area contributed by atoms with E-state index in [1.807, 2.05) is 30.0 Å². The molecule has 0 spiro atoms. The summed E-state index contributed by atoms with van der Waals surface area (Å²) in [6.07, 6.45) is 4.23. The highest BCUT2D eigenvalue weighted by Crippen LogP contribution is 2.29. The minimum atomic E-state index is 0.180. The van der Waals surface area contributed by atoms with Crippen LogP contribution < -0.4 is 5.32 Å². The number of benzene rings is 1. The maximum Gasteiger partial charge on any atom is 0.227 e. The van der Waals surface area contributed by atoms with E-state index in [0.29, 0.717) is 6.42 Å². The number of fused-ring (bicyclic) bond motifs is 1. The van der Waals surface area contributed by atoms with Crippen LogP contribution in [0.5, 0.6) is 0 Å². The molecule has 5 heteroatoms. The molecule has 1 aromatic carbocycles. The number of nitrogens with one attached hydrogen (secondary N) is 2. The van der Waals surface area contributed by atoms with Crippen molar-refractivity contribution in [2.45, 2.75) is 45.1 Å². The summed E-state index contributed by atoms with van der Waals surface area (Å²) in [7, 11) is 0. The zero-order valence-corrected chi connectivity index (χ0v) is 14.7. The Morgan fingerprint density at radius 1 is 1.16 bits per heavy atom. The maximum atomic E-state index is 12.7. The minimum absolute atomic E-state index is 0.180. The van der Waals surface area contributed by atoms with Crippen molar-refractivity contribution in [2.75, 3.05) is 13.1 Å². The Balaban J connectivity index is 1.35. The van der Waals surface area contributed by atoms with Crippen LogP contribution >= 0.6 is 0 Å². The first-order valence-corrected chi connectivity index (χ1v) is 9.26. The van der Waals surface area contributed by atoms with Crippen molar-refractivity contribution in [1.29, 1.82) is 0 Å². The maximum absolute atomic E-state index is 12.7. The van der Waals surface area contributed by atoms with E-state index in [9.17, 15) is 9.59 Å². The molecule has 1 saturated carbocycles. The van der Waals surface area contributed by atoms with Crippen molar-refractivity contribution >= 4 is 22.7 Å². The molecule has 25 heavy (non-hydrogen) atoms. The van der Waals surface area contributed by atoms with Crippen LogP contribution in [-0.4, -0.2) is 40.8 Å². The summed E-state index contributed by atoms with van der Waals surface area (Å²) in [6.45, 7) is 3.49. The average Bonchev–Trinajstić information content (AvgIpc) is 3.41. The van der Waals surface area contributed by atoms with Gasteiger partial charge in [-0.2, -0.15) is 0 Å². The van der Waals surface area contributed by atoms with E-state index in [1.54, 1.807) is 0 Å². The number of likely N-dealkylation sites (tertiary alicyclic amines) is 1. The number of carbonyl (C=O) groups is 2. The second-order valence-electron chi connectivity index (χ2n) is 7.39. The molecule has 0 radical (unpaired) electrons. The molecule has 5 nitrogen and oxygen atoms in total. The molecule has 2 heterocycles. The van der Waals surface area contributed by atoms with Gasteiger partial charge in [-0.05, 0) is 44.2 Å². The van der Waals surface area contributed by atoms with Crippen LogP contribution in [0.15, 0.2) is 24.3 Å². The molecule has 132 valence electrons. The number of amides is 2. The molecule has 0 unspecified atom stereocenters. The second-order valence-corrected chi connectivity index (χ2v) is 7.39. The van der Waals surface area contributed by atoms with Gasteiger partial charge in [0.05, 0.1) is 6.42 Å². The van der Waals surface area contributed by atoms with E-state index in [-0.39, 0.29) is 23.8 Å². The third-order valence-corrected chi connectivity index (χ3v) is 5.50. The van der Waals surface area contributed by atoms with Gasteiger partial charge in [0.2, 0.25) is 11.8 Å². The standard InChI is InChI=1S/C20H25N3O2/c1-13-17(16-4-2-3-5-18(16)21-13)12-19(24)23-10-8-15(9-11-23)22-20(25)14-6-7-14/h2-5,14-15,21H,6-12H2,1H3,(H,22,25). The Hall–Kier alpha value is -2.30. The Labute approximate surface area is 147 Å². The van der Waals surface area contributed by atoms with Gasteiger partial charge < -0.3 is 15.2 Å². The van der Waals surface area contributed by atoms with E-state index in [0.717, 1.165) is 60.9 Å². The van der Waals surface area contributed by atoms with Crippen molar-refractivity contribution in [3.05, 3.63) is 35.5 Å². The zero-order chi connectivity index (χ0) is 17.4. The molecule has 1 aromatic heterocycles. The smallest absolute Gasteiger partial charge is 0.227 e. The number of hydrogen-bond donors (Lipinski definition) is 2. The number of H-pyrrole nitrogens is 1. The molecular weight excluding hydrogens is 314 g/mol. The van der Waals surface area contributed by atoms with Crippen molar-refractivity contribution < 1.29 is 9.59 Å². The predicted octanol–water partition coefficient (Wildman–Crippen LogP) is 2.54. The van der Waals surface area contributed by atoms with E-state index in [4.69, 9.17) is 0 Å². The van der Waals surface area contributed by atoms with Crippen LogP contribution in [0.4, 0.5) is 0 Å². The van der Waals surface area contributed by atoms with Gasteiger partial charge >= 0.3 is 0 Å². The monoisotopic (exact) mass is 339 g/mol. The molecule has 0 bridgehead atoms. The number of piperidine rings is 1. The Morgan fingerprint density at radius 2 is 1.88 bits per heavy atom. The summed E-state index contributed by atoms with van der Waals surface area (Å²) >= 11 is 0. The lowest BCUT2D eigenvalue weighted by atomic mass is 10.0. The lowest BCUT2D eigenvalue weighted by Crippen LogP contribution is -2.47. The van der Waals surface area contributed by atoms with Crippen molar-refractivity contribution in [3.63, 3.8) is 0 Å². The van der Waals surface area contributed by atoms with Gasteiger partial charge in [-0.3, -0.25) is 9.59 Å². The van der Waals surface area contributed by atoms with Crippen LogP contribution in [0.25, 0.3) is 10.9 Å². The quantitative estimate of drug-likeness (QED) is 0.899. The van der Waals surface area contributed by atoms with Gasteiger partial charge in [0.15, 0.2) is 0 Å². The van der Waals surface area contributed by atoms with Gasteiger partial charge in [-0.1, -0.05) is 18.2 Å². The number of para-hydroxylation sites is 1. The molecule has 1 aliphatic carbocycles. The van der Waals surface area contributed by atoms with E-state index in [2.05, 4.69) is 16.4 Å². The third-order valence-electron chi connectivity index (χ3n) is 5.50. The number of rotatable bonds is 4. The first-order valence-electron chi connectivity index (χ1n) is 9.26. The summed E-state index contributed by atoms with van der Waals surface area (Å²) in [5.74, 6) is 0.642. The lowest BCUT2D eigenvalue weighted by Gasteiger charge is -2.32. The number of nitrogens with zero attached hydrogens (tertiary/aromatic N) is 1. The Kier molecular flexibility index (Phi) is 4.24. The number of carbonyl (C=O) groups excluding carboxylic acids is 2. The van der Waals surface area contributed by atoms with Crippen molar-refractivity contribution in [3.8, 4) is 0 Å². The minimum Gasteiger partial charge on any atom is -0.358 e. The number of hydrogen-bond acceptors (Lipinski definition) is 2. The normalized spacial score (nSPS) is 18.5. The highest BCUT2D eigenvalue weighted by atomic mass is 16.2. The fourth-order valence-corrected chi connectivity index (χ4v) is 3.76. The lowest BCUT2D eigenvalue weighted by molar-refractivity contribution is -0.131. The van der Waals surface area contributed by atoms with Crippen LogP contribution in [0.1, 0.15) is 36.9 Å². The Bertz CT molecular complexity index is 798. The topological polar surface area (TPSA) is 65.2 Å². The van der Waals surface area contributed by atoms with Crippen LogP contribution in [0.3, 0.4) is 0 Å². The molecule has 1 aliphatic heterocycles. The third kappa shape index (κ3) is 3.41. The Morgan fingerprint density at radius 3 is 2.60 bits per heavy atom. The molecule has 2 amide bonds. The molecule has 4 rings (SSSR count). The van der Waals surface area contributed by atoms with E-state index < -0.39 is 0 Å². The number of aromatic amines is 1. The SMILES string of the molecule is Cc1[nH]c2ccccc2c1CC(=O)N1CCC(NC(=O)C2CC2)CC1. The van der Waals surface area contributed by atoms with Crippen LogP contribution in [0, 0.1) is 12.8 Å². The summed E-state index contributed by atoms with van der Waals surface area (Å²) < 4.78 is 0. The van der Waals surface area contributed by atoms with Crippen molar-refractivity contribution in [1.82, 2.24) is 15.2 Å². The van der Waals surface area contributed by atoms with Gasteiger partial charge in [-0.15, -0.1) is 0 Å². The number of aromatic nitrogens is 1. The van der Waals surface area contributed by atoms with Crippen molar-refractivity contribution in [2.24, 2.45) is 5.92 Å². The summed E-state index contributed by atoms with van der Waals surface area (Å²) in [5, 5.41) is 4.28. The largest absolute Gasteiger partial charge is 0.358 e. The highest BCUT2D eigenvalue weighted by Gasteiger charge is 2.32. The molecule has 0 atom stereocenters. The van der Waals surface area contributed by atoms with Crippen LogP contribution in [-0.2, 0) is 16.0 Å². The van der Waals surface area contributed by atoms with Gasteiger partial charge in [0.25, 0.3) is 0 Å².